The van der Waals surface area contributed by atoms with Crippen molar-refractivity contribution in [3.63, 3.8) is 0 Å². The van der Waals surface area contributed by atoms with Crippen LogP contribution in [0.2, 0.25) is 0 Å². The molecule has 144 valence electrons. The smallest absolute Gasteiger partial charge is 0.226 e. The summed E-state index contributed by atoms with van der Waals surface area (Å²) in [4.78, 5) is 15.2. The third-order valence-electron chi connectivity index (χ3n) is 5.42. The Morgan fingerprint density at radius 1 is 1.07 bits per heavy atom. The zero-order valence-electron chi connectivity index (χ0n) is 16.1. The van der Waals surface area contributed by atoms with Crippen LogP contribution in [0.3, 0.4) is 0 Å². The monoisotopic (exact) mass is 366 g/mol. The van der Waals surface area contributed by atoms with Gasteiger partial charge in [0.05, 0.1) is 7.11 Å². The number of methoxy groups -OCH3 is 1. The lowest BCUT2D eigenvalue weighted by molar-refractivity contribution is -0.137. The molecule has 0 spiro atoms. The Balaban J connectivity index is 1.69. The molecule has 1 saturated carbocycles. The predicted molar refractivity (Wildman–Crippen MR) is 108 cm³/mol. The van der Waals surface area contributed by atoms with Crippen LogP contribution in [0, 0.1) is 5.92 Å². The van der Waals surface area contributed by atoms with Crippen molar-refractivity contribution in [2.75, 3.05) is 13.7 Å². The third-order valence-corrected chi connectivity index (χ3v) is 5.42. The molecule has 4 heteroatoms. The van der Waals surface area contributed by atoms with Gasteiger partial charge in [-0.2, -0.15) is 0 Å². The second kappa shape index (κ2) is 9.56. The standard InChI is InChI=1S/C23H30N2O2/c1-27-22-12-10-18(11-13-22)14-15-25(17-19-6-3-2-4-7-19)23(26)20-8-5-9-21(24)16-20/h2-4,6-7,10-13,20-21H,5,8-9,14-17,24H2,1H3. The molecule has 27 heavy (non-hydrogen) atoms. The van der Waals surface area contributed by atoms with Gasteiger partial charge in [0, 0.05) is 25.0 Å². The second-order valence-corrected chi connectivity index (χ2v) is 7.47. The molecular formula is C23H30N2O2. The Morgan fingerprint density at radius 3 is 2.48 bits per heavy atom. The SMILES string of the molecule is COc1ccc(CCN(Cc2ccccc2)C(=O)C2CCCC(N)C2)cc1. The first-order chi connectivity index (χ1) is 13.2. The molecule has 0 saturated heterocycles. The van der Waals surface area contributed by atoms with E-state index in [2.05, 4.69) is 24.3 Å². The van der Waals surface area contributed by atoms with E-state index in [1.54, 1.807) is 7.11 Å². The number of hydrogen-bond donors (Lipinski definition) is 1. The summed E-state index contributed by atoms with van der Waals surface area (Å²) < 4.78 is 5.23. The lowest BCUT2D eigenvalue weighted by Gasteiger charge is -2.31. The van der Waals surface area contributed by atoms with E-state index in [0.29, 0.717) is 13.1 Å². The number of ether oxygens (including phenoxy) is 1. The number of carbonyl (C=O) groups excluding carboxylic acids is 1. The van der Waals surface area contributed by atoms with Gasteiger partial charge in [-0.3, -0.25) is 4.79 Å². The first-order valence-electron chi connectivity index (χ1n) is 9.87. The number of amides is 1. The summed E-state index contributed by atoms with van der Waals surface area (Å²) in [5.74, 6) is 1.17. The summed E-state index contributed by atoms with van der Waals surface area (Å²) in [5.41, 5.74) is 8.50. The molecule has 2 unspecified atom stereocenters. The molecule has 2 aromatic rings. The summed E-state index contributed by atoms with van der Waals surface area (Å²) in [6.45, 7) is 1.37. The molecule has 0 aromatic heterocycles. The fraction of sp³-hybridized carbons (Fsp3) is 0.435. The number of rotatable bonds is 7. The van der Waals surface area contributed by atoms with Crippen LogP contribution >= 0.6 is 0 Å². The quantitative estimate of drug-likeness (QED) is 0.811. The molecule has 4 nitrogen and oxygen atoms in total. The molecule has 1 aliphatic carbocycles. The minimum Gasteiger partial charge on any atom is -0.497 e. The molecule has 2 N–H and O–H groups in total. The maximum Gasteiger partial charge on any atom is 0.226 e. The van der Waals surface area contributed by atoms with Crippen LogP contribution in [-0.2, 0) is 17.8 Å². The van der Waals surface area contributed by atoms with Crippen LogP contribution in [0.1, 0.15) is 36.8 Å². The van der Waals surface area contributed by atoms with Gasteiger partial charge in [-0.15, -0.1) is 0 Å². The maximum absolute atomic E-state index is 13.2. The highest BCUT2D eigenvalue weighted by Crippen LogP contribution is 2.26. The molecule has 0 bridgehead atoms. The molecule has 0 radical (unpaired) electrons. The number of nitrogens with two attached hydrogens (primary N) is 1. The molecule has 1 fully saturated rings. The van der Waals surface area contributed by atoms with Crippen LogP contribution in [0.4, 0.5) is 0 Å². The van der Waals surface area contributed by atoms with Gasteiger partial charge in [0.15, 0.2) is 0 Å². The predicted octanol–water partition coefficient (Wildman–Crippen LogP) is 3.78. The van der Waals surface area contributed by atoms with Gasteiger partial charge in [0.25, 0.3) is 0 Å². The lowest BCUT2D eigenvalue weighted by atomic mass is 9.85. The zero-order chi connectivity index (χ0) is 19.1. The minimum atomic E-state index is 0.0633. The molecule has 2 aromatic carbocycles. The minimum absolute atomic E-state index is 0.0633. The summed E-state index contributed by atoms with van der Waals surface area (Å²) >= 11 is 0. The Hall–Kier alpha value is -2.33. The van der Waals surface area contributed by atoms with Gasteiger partial charge in [-0.25, -0.2) is 0 Å². The van der Waals surface area contributed by atoms with Crippen molar-refractivity contribution in [1.29, 1.82) is 0 Å². The van der Waals surface area contributed by atoms with E-state index >= 15 is 0 Å². The van der Waals surface area contributed by atoms with Crippen LogP contribution in [0.5, 0.6) is 5.75 Å². The molecule has 0 aliphatic heterocycles. The van der Waals surface area contributed by atoms with Crippen molar-refractivity contribution in [3.05, 3.63) is 65.7 Å². The third kappa shape index (κ3) is 5.57. The molecule has 2 atom stereocenters. The Bertz CT molecular complexity index is 715. The number of carbonyl (C=O) groups is 1. The Kier molecular flexibility index (Phi) is 6.88. The van der Waals surface area contributed by atoms with Crippen molar-refractivity contribution in [1.82, 2.24) is 4.90 Å². The summed E-state index contributed by atoms with van der Waals surface area (Å²) in [7, 11) is 1.67. The van der Waals surface area contributed by atoms with E-state index in [4.69, 9.17) is 10.5 Å². The van der Waals surface area contributed by atoms with Gasteiger partial charge in [0.2, 0.25) is 5.91 Å². The summed E-state index contributed by atoms with van der Waals surface area (Å²) in [5, 5.41) is 0. The number of hydrogen-bond acceptors (Lipinski definition) is 3. The summed E-state index contributed by atoms with van der Waals surface area (Å²) in [6, 6.07) is 18.5. The van der Waals surface area contributed by atoms with E-state index in [1.165, 1.54) is 11.1 Å². The van der Waals surface area contributed by atoms with Gasteiger partial charge in [-0.1, -0.05) is 48.9 Å². The summed E-state index contributed by atoms with van der Waals surface area (Å²) in [6.07, 6.45) is 4.69. The Labute approximate surface area is 162 Å². The van der Waals surface area contributed by atoms with Crippen LogP contribution in [0.15, 0.2) is 54.6 Å². The molecule has 1 aliphatic rings. The topological polar surface area (TPSA) is 55.6 Å². The normalized spacial score (nSPS) is 19.5. The zero-order valence-corrected chi connectivity index (χ0v) is 16.1. The highest BCUT2D eigenvalue weighted by atomic mass is 16.5. The lowest BCUT2D eigenvalue weighted by Crippen LogP contribution is -2.41. The highest BCUT2D eigenvalue weighted by molar-refractivity contribution is 5.79. The van der Waals surface area contributed by atoms with Crippen molar-refractivity contribution in [2.24, 2.45) is 11.7 Å². The van der Waals surface area contributed by atoms with E-state index in [0.717, 1.165) is 37.9 Å². The van der Waals surface area contributed by atoms with Gasteiger partial charge in [0.1, 0.15) is 5.75 Å². The van der Waals surface area contributed by atoms with Crippen molar-refractivity contribution in [3.8, 4) is 5.75 Å². The maximum atomic E-state index is 13.2. The molecule has 0 heterocycles. The second-order valence-electron chi connectivity index (χ2n) is 7.47. The van der Waals surface area contributed by atoms with E-state index in [1.807, 2.05) is 35.2 Å². The average molecular weight is 367 g/mol. The van der Waals surface area contributed by atoms with Crippen molar-refractivity contribution >= 4 is 5.91 Å². The number of benzene rings is 2. The van der Waals surface area contributed by atoms with Crippen LogP contribution in [-0.4, -0.2) is 30.5 Å². The van der Waals surface area contributed by atoms with E-state index in [9.17, 15) is 4.79 Å². The van der Waals surface area contributed by atoms with E-state index in [-0.39, 0.29) is 17.9 Å². The first-order valence-corrected chi connectivity index (χ1v) is 9.87. The van der Waals surface area contributed by atoms with Crippen molar-refractivity contribution < 1.29 is 9.53 Å². The van der Waals surface area contributed by atoms with Gasteiger partial charge >= 0.3 is 0 Å². The molecule has 3 rings (SSSR count). The molecule has 1 amide bonds. The fourth-order valence-electron chi connectivity index (χ4n) is 3.84. The average Bonchev–Trinajstić information content (AvgIpc) is 2.71. The van der Waals surface area contributed by atoms with Crippen LogP contribution in [0.25, 0.3) is 0 Å². The van der Waals surface area contributed by atoms with Crippen LogP contribution < -0.4 is 10.5 Å². The Morgan fingerprint density at radius 2 is 1.81 bits per heavy atom. The van der Waals surface area contributed by atoms with Gasteiger partial charge in [-0.05, 0) is 48.9 Å². The van der Waals surface area contributed by atoms with Gasteiger partial charge < -0.3 is 15.4 Å². The first kappa shape index (κ1) is 19.4. The largest absolute Gasteiger partial charge is 0.497 e. The molecular weight excluding hydrogens is 336 g/mol. The van der Waals surface area contributed by atoms with Crippen molar-refractivity contribution in [2.45, 2.75) is 44.7 Å². The highest BCUT2D eigenvalue weighted by Gasteiger charge is 2.29. The number of nitrogens with zero attached hydrogens (tertiary/aromatic N) is 1. The fourth-order valence-corrected chi connectivity index (χ4v) is 3.84. The van der Waals surface area contributed by atoms with E-state index < -0.39 is 0 Å².